The number of para-hydroxylation sites is 1. The number of benzene rings is 1. The van der Waals surface area contributed by atoms with E-state index in [1.807, 2.05) is 38.1 Å². The highest BCUT2D eigenvalue weighted by molar-refractivity contribution is 7.99. The van der Waals surface area contributed by atoms with Crippen molar-refractivity contribution < 1.29 is 4.42 Å². The molecule has 1 aromatic carbocycles. The van der Waals surface area contributed by atoms with E-state index in [4.69, 9.17) is 21.8 Å². The van der Waals surface area contributed by atoms with Crippen molar-refractivity contribution in [1.29, 1.82) is 0 Å². The van der Waals surface area contributed by atoms with Crippen LogP contribution in [0.2, 0.25) is 5.02 Å². The molecule has 0 aliphatic carbocycles. The van der Waals surface area contributed by atoms with Gasteiger partial charge < -0.3 is 15.5 Å². The minimum Gasteiger partial charge on any atom is -0.457 e. The molecule has 6 nitrogen and oxygen atoms in total. The van der Waals surface area contributed by atoms with Crippen molar-refractivity contribution in [3.8, 4) is 0 Å². The molecule has 3 N–H and O–H groups in total. The van der Waals surface area contributed by atoms with Crippen molar-refractivity contribution in [3.63, 3.8) is 0 Å². The third kappa shape index (κ3) is 3.35. The summed E-state index contributed by atoms with van der Waals surface area (Å²) in [7, 11) is 0. The largest absolute Gasteiger partial charge is 0.457 e. The summed E-state index contributed by atoms with van der Waals surface area (Å²) >= 11 is 7.92. The second-order valence-electron chi connectivity index (χ2n) is 4.88. The van der Waals surface area contributed by atoms with E-state index in [0.29, 0.717) is 21.9 Å². The van der Waals surface area contributed by atoms with Crippen LogP contribution in [0.4, 0.5) is 11.9 Å². The van der Waals surface area contributed by atoms with E-state index in [1.165, 1.54) is 11.8 Å². The minimum absolute atomic E-state index is 0.182. The Morgan fingerprint density at radius 2 is 2.09 bits per heavy atom. The number of nitrogens with two attached hydrogens (primary N) is 1. The molecule has 8 heteroatoms. The summed E-state index contributed by atoms with van der Waals surface area (Å²) in [4.78, 5) is 12.5. The Morgan fingerprint density at radius 3 is 2.83 bits per heavy atom. The average molecular weight is 350 g/mol. The van der Waals surface area contributed by atoms with Gasteiger partial charge in [-0.3, -0.25) is 0 Å². The Morgan fingerprint density at radius 1 is 1.30 bits per heavy atom. The number of halogens is 1. The monoisotopic (exact) mass is 349 g/mol. The average Bonchev–Trinajstić information content (AvgIpc) is 2.85. The summed E-state index contributed by atoms with van der Waals surface area (Å²) in [6.45, 7) is 3.95. The summed E-state index contributed by atoms with van der Waals surface area (Å²) in [5.41, 5.74) is 6.48. The summed E-state index contributed by atoms with van der Waals surface area (Å²) in [6, 6.07) is 7.43. The zero-order valence-electron chi connectivity index (χ0n) is 12.7. The maximum absolute atomic E-state index is 6.41. The molecule has 2 heterocycles. The van der Waals surface area contributed by atoms with Gasteiger partial charge in [-0.1, -0.05) is 42.4 Å². The van der Waals surface area contributed by atoms with Crippen LogP contribution < -0.4 is 11.1 Å². The number of aromatic nitrogens is 3. The van der Waals surface area contributed by atoms with Crippen LogP contribution in [0, 0.1) is 0 Å². The molecule has 1 atom stereocenters. The number of fused-ring (bicyclic) bond motifs is 1. The van der Waals surface area contributed by atoms with Crippen LogP contribution in [0.25, 0.3) is 11.0 Å². The van der Waals surface area contributed by atoms with Gasteiger partial charge in [0.15, 0.2) is 5.16 Å². The lowest BCUT2D eigenvalue weighted by Crippen LogP contribution is -2.11. The lowest BCUT2D eigenvalue weighted by atomic mass is 10.2. The van der Waals surface area contributed by atoms with E-state index >= 15 is 0 Å². The van der Waals surface area contributed by atoms with E-state index in [-0.39, 0.29) is 12.0 Å². The van der Waals surface area contributed by atoms with E-state index < -0.39 is 0 Å². The quantitative estimate of drug-likeness (QED) is 0.669. The third-order valence-electron chi connectivity index (χ3n) is 3.20. The third-order valence-corrected chi connectivity index (χ3v) is 4.32. The molecule has 3 aromatic rings. The summed E-state index contributed by atoms with van der Waals surface area (Å²) in [5, 5.41) is 5.23. The van der Waals surface area contributed by atoms with Crippen molar-refractivity contribution in [3.05, 3.63) is 35.0 Å². The predicted molar refractivity (Wildman–Crippen MR) is 93.9 cm³/mol. The Kier molecular flexibility index (Phi) is 4.58. The van der Waals surface area contributed by atoms with E-state index in [1.54, 1.807) is 0 Å². The second-order valence-corrected chi connectivity index (χ2v) is 6.48. The van der Waals surface area contributed by atoms with Crippen LogP contribution in [0.1, 0.15) is 25.6 Å². The zero-order valence-corrected chi connectivity index (χ0v) is 14.3. The first-order chi connectivity index (χ1) is 11.1. The highest BCUT2D eigenvalue weighted by Crippen LogP contribution is 2.35. The van der Waals surface area contributed by atoms with Crippen LogP contribution in [0.3, 0.4) is 0 Å². The lowest BCUT2D eigenvalue weighted by molar-refractivity contribution is 0.524. The van der Waals surface area contributed by atoms with Gasteiger partial charge in [0.2, 0.25) is 11.9 Å². The molecule has 0 aliphatic rings. The molecule has 120 valence electrons. The SMILES string of the molecule is CCSc1nc(N)nc(NC(C)c2oc3ccccc3c2Cl)n1. The molecular weight excluding hydrogens is 334 g/mol. The molecule has 1 unspecified atom stereocenters. The summed E-state index contributed by atoms with van der Waals surface area (Å²) < 4.78 is 5.84. The Bertz CT molecular complexity index is 838. The number of nitrogens with one attached hydrogen (secondary N) is 1. The van der Waals surface area contributed by atoms with E-state index in [0.717, 1.165) is 16.7 Å². The van der Waals surface area contributed by atoms with Gasteiger partial charge in [-0.2, -0.15) is 15.0 Å². The molecule has 2 aromatic heterocycles. The van der Waals surface area contributed by atoms with E-state index in [9.17, 15) is 0 Å². The fourth-order valence-corrected chi connectivity index (χ4v) is 3.13. The van der Waals surface area contributed by atoms with Crippen LogP contribution in [0.15, 0.2) is 33.8 Å². The van der Waals surface area contributed by atoms with Crippen molar-refractivity contribution >= 4 is 46.2 Å². The van der Waals surface area contributed by atoms with Crippen molar-refractivity contribution in [2.45, 2.75) is 25.0 Å². The number of hydrogen-bond donors (Lipinski definition) is 2. The Labute approximate surface area is 142 Å². The van der Waals surface area contributed by atoms with Crippen molar-refractivity contribution in [2.75, 3.05) is 16.8 Å². The fraction of sp³-hybridized carbons (Fsp3) is 0.267. The van der Waals surface area contributed by atoms with Gasteiger partial charge >= 0.3 is 0 Å². The topological polar surface area (TPSA) is 89.9 Å². The van der Waals surface area contributed by atoms with Gasteiger partial charge in [-0.05, 0) is 24.8 Å². The standard InChI is InChI=1S/C15H16ClN5OS/c1-3-23-15-20-13(17)19-14(21-15)18-8(2)12-11(16)9-6-4-5-7-10(9)22-12/h4-8H,3H2,1-2H3,(H3,17,18,19,20,21). The Hall–Kier alpha value is -1.99. The van der Waals surface area contributed by atoms with Gasteiger partial charge in [-0.25, -0.2) is 0 Å². The molecule has 0 bridgehead atoms. The molecule has 3 rings (SSSR count). The first kappa shape index (κ1) is 15.9. The first-order valence-electron chi connectivity index (χ1n) is 7.16. The molecule has 0 amide bonds. The van der Waals surface area contributed by atoms with Gasteiger partial charge in [0.05, 0.1) is 11.1 Å². The zero-order chi connectivity index (χ0) is 16.4. The number of anilines is 2. The molecule has 0 aliphatic heterocycles. The van der Waals surface area contributed by atoms with E-state index in [2.05, 4.69) is 20.3 Å². The Balaban J connectivity index is 1.88. The first-order valence-corrected chi connectivity index (χ1v) is 8.52. The molecule has 0 saturated heterocycles. The molecule has 23 heavy (non-hydrogen) atoms. The summed E-state index contributed by atoms with van der Waals surface area (Å²) in [5.74, 6) is 2.07. The highest BCUT2D eigenvalue weighted by Gasteiger charge is 2.19. The van der Waals surface area contributed by atoms with Crippen LogP contribution in [-0.2, 0) is 0 Å². The van der Waals surface area contributed by atoms with Crippen molar-refractivity contribution in [2.24, 2.45) is 0 Å². The predicted octanol–water partition coefficient (Wildman–Crippen LogP) is 4.14. The maximum atomic E-state index is 6.41. The number of thioether (sulfide) groups is 1. The van der Waals surface area contributed by atoms with Gasteiger partial charge in [0, 0.05) is 5.39 Å². The number of nitrogens with zero attached hydrogens (tertiary/aromatic N) is 3. The molecule has 0 fully saturated rings. The molecule has 0 radical (unpaired) electrons. The van der Waals surface area contributed by atoms with Gasteiger partial charge in [0.1, 0.15) is 11.3 Å². The number of hydrogen-bond acceptors (Lipinski definition) is 7. The lowest BCUT2D eigenvalue weighted by Gasteiger charge is -2.12. The van der Waals surface area contributed by atoms with Gasteiger partial charge in [0.25, 0.3) is 0 Å². The summed E-state index contributed by atoms with van der Waals surface area (Å²) in [6.07, 6.45) is 0. The number of nitrogen functional groups attached to an aromatic ring is 1. The highest BCUT2D eigenvalue weighted by atomic mass is 35.5. The molecular formula is C15H16ClN5OS. The minimum atomic E-state index is -0.212. The number of furan rings is 1. The maximum Gasteiger partial charge on any atom is 0.229 e. The van der Waals surface area contributed by atoms with Crippen LogP contribution >= 0.6 is 23.4 Å². The molecule has 0 spiro atoms. The fourth-order valence-electron chi connectivity index (χ4n) is 2.20. The van der Waals surface area contributed by atoms with Crippen LogP contribution in [-0.4, -0.2) is 20.7 Å². The number of rotatable bonds is 5. The molecule has 0 saturated carbocycles. The normalized spacial score (nSPS) is 12.5. The van der Waals surface area contributed by atoms with Crippen molar-refractivity contribution in [1.82, 2.24) is 15.0 Å². The van der Waals surface area contributed by atoms with Crippen LogP contribution in [0.5, 0.6) is 0 Å². The smallest absolute Gasteiger partial charge is 0.229 e. The van der Waals surface area contributed by atoms with Gasteiger partial charge in [-0.15, -0.1) is 0 Å². The second kappa shape index (κ2) is 6.64.